The van der Waals surface area contributed by atoms with Gasteiger partial charge < -0.3 is 19.7 Å². The van der Waals surface area contributed by atoms with Gasteiger partial charge in [0.15, 0.2) is 5.11 Å². The van der Waals surface area contributed by atoms with Gasteiger partial charge in [-0.05, 0) is 54.5 Å². The Labute approximate surface area is 192 Å². The standard InChI is InChI=1S/C23H28F3N3O2S/c1-30-21-8-2-5-18(15-21)17-29(10-4-9-28-11-13-31-14-12-28)22(32)27-20-7-3-6-19(16-20)23(24,25)26/h2-3,5-8,15-16H,4,9-14,17H2,1H3,(H,27,32). The normalized spacial score (nSPS) is 14.8. The predicted molar refractivity (Wildman–Crippen MR) is 123 cm³/mol. The molecule has 0 saturated carbocycles. The molecule has 0 unspecified atom stereocenters. The summed E-state index contributed by atoms with van der Waals surface area (Å²) in [6, 6.07) is 12.8. The highest BCUT2D eigenvalue weighted by Gasteiger charge is 2.30. The van der Waals surface area contributed by atoms with E-state index >= 15 is 0 Å². The van der Waals surface area contributed by atoms with Gasteiger partial charge in [-0.15, -0.1) is 0 Å². The van der Waals surface area contributed by atoms with Gasteiger partial charge in [-0.25, -0.2) is 0 Å². The van der Waals surface area contributed by atoms with Crippen LogP contribution in [0.3, 0.4) is 0 Å². The molecule has 1 aliphatic heterocycles. The van der Waals surface area contributed by atoms with Crippen molar-refractivity contribution >= 4 is 23.0 Å². The van der Waals surface area contributed by atoms with Crippen LogP contribution in [0.25, 0.3) is 0 Å². The molecule has 0 spiro atoms. The predicted octanol–water partition coefficient (Wildman–Crippen LogP) is 4.64. The fourth-order valence-electron chi connectivity index (χ4n) is 3.53. The molecule has 1 heterocycles. The Morgan fingerprint density at radius 1 is 1.16 bits per heavy atom. The molecule has 0 amide bonds. The van der Waals surface area contributed by atoms with Crippen molar-refractivity contribution in [3.05, 3.63) is 59.7 Å². The summed E-state index contributed by atoms with van der Waals surface area (Å²) in [7, 11) is 1.61. The number of halogens is 3. The number of methoxy groups -OCH3 is 1. The molecule has 1 saturated heterocycles. The number of anilines is 1. The minimum absolute atomic E-state index is 0.314. The number of alkyl halides is 3. The van der Waals surface area contributed by atoms with Crippen LogP contribution in [0.5, 0.6) is 5.75 Å². The minimum atomic E-state index is -4.41. The topological polar surface area (TPSA) is 37.0 Å². The average molecular weight is 468 g/mol. The smallest absolute Gasteiger partial charge is 0.416 e. The van der Waals surface area contributed by atoms with Gasteiger partial charge in [0.25, 0.3) is 0 Å². The molecule has 1 fully saturated rings. The summed E-state index contributed by atoms with van der Waals surface area (Å²) in [5.41, 5.74) is 0.606. The zero-order chi connectivity index (χ0) is 23.0. The Morgan fingerprint density at radius 2 is 1.91 bits per heavy atom. The van der Waals surface area contributed by atoms with Crippen molar-refractivity contribution in [2.75, 3.05) is 51.8 Å². The molecule has 3 rings (SSSR count). The van der Waals surface area contributed by atoms with E-state index in [0.29, 0.717) is 23.9 Å². The lowest BCUT2D eigenvalue weighted by Crippen LogP contribution is -2.40. The molecule has 32 heavy (non-hydrogen) atoms. The molecule has 9 heteroatoms. The molecule has 0 aliphatic carbocycles. The molecule has 174 valence electrons. The number of nitrogens with one attached hydrogen (secondary N) is 1. The number of morpholine rings is 1. The van der Waals surface area contributed by atoms with Crippen LogP contribution < -0.4 is 10.1 Å². The Kier molecular flexibility index (Phi) is 8.72. The third kappa shape index (κ3) is 7.36. The van der Waals surface area contributed by atoms with Gasteiger partial charge in [0, 0.05) is 38.4 Å². The first-order valence-electron chi connectivity index (χ1n) is 10.5. The lowest BCUT2D eigenvalue weighted by molar-refractivity contribution is -0.137. The van der Waals surface area contributed by atoms with Crippen molar-refractivity contribution < 1.29 is 22.6 Å². The Bertz CT molecular complexity index is 889. The van der Waals surface area contributed by atoms with Gasteiger partial charge in [0.1, 0.15) is 5.75 Å². The lowest BCUT2D eigenvalue weighted by Gasteiger charge is -2.30. The molecule has 2 aromatic carbocycles. The van der Waals surface area contributed by atoms with Crippen molar-refractivity contribution in [1.29, 1.82) is 0 Å². The molecule has 0 aromatic heterocycles. The van der Waals surface area contributed by atoms with Crippen LogP contribution in [0.2, 0.25) is 0 Å². The van der Waals surface area contributed by atoms with Crippen molar-refractivity contribution in [2.45, 2.75) is 19.1 Å². The summed E-state index contributed by atoms with van der Waals surface area (Å²) < 4.78 is 49.9. The molecule has 5 nitrogen and oxygen atoms in total. The Hall–Kier alpha value is -2.36. The highest BCUT2D eigenvalue weighted by Crippen LogP contribution is 2.30. The van der Waals surface area contributed by atoms with Crippen LogP contribution in [0, 0.1) is 0 Å². The summed E-state index contributed by atoms with van der Waals surface area (Å²) in [6.07, 6.45) is -3.54. The molecular weight excluding hydrogens is 439 g/mol. The zero-order valence-corrected chi connectivity index (χ0v) is 18.8. The lowest BCUT2D eigenvalue weighted by atomic mass is 10.2. The number of nitrogens with zero attached hydrogens (tertiary/aromatic N) is 2. The van der Waals surface area contributed by atoms with Crippen LogP contribution in [-0.4, -0.2) is 61.4 Å². The number of rotatable bonds is 8. The SMILES string of the molecule is COc1cccc(CN(CCCN2CCOCC2)C(=S)Nc2cccc(C(F)(F)F)c2)c1. The van der Waals surface area contributed by atoms with Gasteiger partial charge in [0.2, 0.25) is 0 Å². The molecule has 0 atom stereocenters. The third-order valence-corrected chi connectivity index (χ3v) is 5.60. The minimum Gasteiger partial charge on any atom is -0.497 e. The van der Waals surface area contributed by atoms with Crippen LogP contribution in [0.4, 0.5) is 18.9 Å². The van der Waals surface area contributed by atoms with Crippen LogP contribution in [0.15, 0.2) is 48.5 Å². The average Bonchev–Trinajstić information content (AvgIpc) is 2.79. The summed E-state index contributed by atoms with van der Waals surface area (Å²) in [4.78, 5) is 4.32. The number of hydrogen-bond donors (Lipinski definition) is 1. The molecule has 1 N–H and O–H groups in total. The molecule has 2 aromatic rings. The molecule has 0 bridgehead atoms. The van der Waals surface area contributed by atoms with E-state index in [1.807, 2.05) is 29.2 Å². The highest BCUT2D eigenvalue weighted by atomic mass is 32.1. The highest BCUT2D eigenvalue weighted by molar-refractivity contribution is 7.80. The van der Waals surface area contributed by atoms with Crippen LogP contribution in [0.1, 0.15) is 17.5 Å². The van der Waals surface area contributed by atoms with E-state index in [0.717, 1.165) is 62.7 Å². The van der Waals surface area contributed by atoms with Crippen molar-refractivity contribution in [1.82, 2.24) is 9.80 Å². The van der Waals surface area contributed by atoms with Crippen LogP contribution >= 0.6 is 12.2 Å². The number of hydrogen-bond acceptors (Lipinski definition) is 4. The maximum absolute atomic E-state index is 13.1. The monoisotopic (exact) mass is 467 g/mol. The van der Waals surface area contributed by atoms with Gasteiger partial charge in [-0.3, -0.25) is 4.90 Å². The summed E-state index contributed by atoms with van der Waals surface area (Å²) in [5, 5.41) is 3.37. The second kappa shape index (κ2) is 11.5. The quantitative estimate of drug-likeness (QED) is 0.571. The van der Waals surface area contributed by atoms with Crippen molar-refractivity contribution in [2.24, 2.45) is 0 Å². The summed E-state index contributed by atoms with van der Waals surface area (Å²) in [5.74, 6) is 0.743. The van der Waals surface area contributed by atoms with Gasteiger partial charge in [-0.1, -0.05) is 18.2 Å². The third-order valence-electron chi connectivity index (χ3n) is 5.24. The van der Waals surface area contributed by atoms with E-state index in [4.69, 9.17) is 21.7 Å². The van der Waals surface area contributed by atoms with E-state index in [9.17, 15) is 13.2 Å². The second-order valence-electron chi connectivity index (χ2n) is 7.59. The fraction of sp³-hybridized carbons (Fsp3) is 0.435. The van der Waals surface area contributed by atoms with E-state index in [1.54, 1.807) is 13.2 Å². The second-order valence-corrected chi connectivity index (χ2v) is 7.98. The summed E-state index contributed by atoms with van der Waals surface area (Å²) >= 11 is 5.59. The first-order chi connectivity index (χ1) is 15.3. The van der Waals surface area contributed by atoms with Crippen molar-refractivity contribution in [3.8, 4) is 5.75 Å². The zero-order valence-electron chi connectivity index (χ0n) is 18.0. The number of benzene rings is 2. The van der Waals surface area contributed by atoms with E-state index in [2.05, 4.69) is 10.2 Å². The van der Waals surface area contributed by atoms with E-state index in [-0.39, 0.29) is 0 Å². The first kappa shape index (κ1) is 24.3. The maximum atomic E-state index is 13.1. The summed E-state index contributed by atoms with van der Waals surface area (Å²) in [6.45, 7) is 5.38. The molecular formula is C23H28F3N3O2S. The van der Waals surface area contributed by atoms with Gasteiger partial charge in [-0.2, -0.15) is 13.2 Å². The largest absolute Gasteiger partial charge is 0.497 e. The number of thiocarbonyl (C=S) groups is 1. The Morgan fingerprint density at radius 3 is 2.62 bits per heavy atom. The number of ether oxygens (including phenoxy) is 2. The van der Waals surface area contributed by atoms with Gasteiger partial charge in [0.05, 0.1) is 25.9 Å². The van der Waals surface area contributed by atoms with Gasteiger partial charge >= 0.3 is 6.18 Å². The van der Waals surface area contributed by atoms with E-state index in [1.165, 1.54) is 6.07 Å². The molecule has 0 radical (unpaired) electrons. The Balaban J connectivity index is 1.68. The van der Waals surface area contributed by atoms with Crippen molar-refractivity contribution in [3.63, 3.8) is 0 Å². The fourth-order valence-corrected chi connectivity index (χ4v) is 3.80. The van der Waals surface area contributed by atoms with Crippen LogP contribution in [-0.2, 0) is 17.5 Å². The molecule has 1 aliphatic rings. The van der Waals surface area contributed by atoms with E-state index < -0.39 is 11.7 Å². The first-order valence-corrected chi connectivity index (χ1v) is 10.9. The maximum Gasteiger partial charge on any atom is 0.416 e.